The predicted molar refractivity (Wildman–Crippen MR) is 179 cm³/mol. The fourth-order valence-electron chi connectivity index (χ4n) is 5.33. The smallest absolute Gasteiger partial charge is 0.459 e. The van der Waals surface area contributed by atoms with Crippen molar-refractivity contribution in [3.8, 4) is 5.75 Å². The fourth-order valence-corrected chi connectivity index (χ4v) is 6.87. The maximum atomic E-state index is 15.6. The first-order valence-corrected chi connectivity index (χ1v) is 18.1. The van der Waals surface area contributed by atoms with Crippen LogP contribution in [0.5, 0.6) is 5.75 Å². The molecule has 0 amide bonds. The maximum absolute atomic E-state index is 15.6. The number of anilines is 1. The van der Waals surface area contributed by atoms with Crippen LogP contribution < -0.4 is 15.3 Å². The average Bonchev–Trinajstić information content (AvgIpc) is 3.68. The number of halogens is 1. The Labute approximate surface area is 289 Å². The van der Waals surface area contributed by atoms with E-state index in [0.717, 1.165) is 12.8 Å². The van der Waals surface area contributed by atoms with Crippen molar-refractivity contribution in [3.63, 3.8) is 0 Å². The van der Waals surface area contributed by atoms with Gasteiger partial charge in [0.25, 0.3) is 0 Å². The monoisotopic (exact) mass is 721 g/mol. The van der Waals surface area contributed by atoms with E-state index in [1.807, 2.05) is 13.8 Å². The van der Waals surface area contributed by atoms with Crippen LogP contribution in [0, 0.1) is 5.92 Å². The van der Waals surface area contributed by atoms with Crippen LogP contribution in [0.3, 0.4) is 0 Å². The molecule has 0 unspecified atom stereocenters. The van der Waals surface area contributed by atoms with Gasteiger partial charge in [-0.15, -0.1) is 0 Å². The molecular weight excluding hydrogens is 676 g/mol. The van der Waals surface area contributed by atoms with Crippen molar-refractivity contribution in [2.75, 3.05) is 25.6 Å². The Morgan fingerprint density at radius 1 is 1.06 bits per heavy atom. The van der Waals surface area contributed by atoms with Crippen LogP contribution in [0.2, 0.25) is 0 Å². The van der Waals surface area contributed by atoms with Crippen LogP contribution in [0.1, 0.15) is 72.1 Å². The van der Waals surface area contributed by atoms with Crippen molar-refractivity contribution in [1.82, 2.24) is 19.7 Å². The van der Waals surface area contributed by atoms with Gasteiger partial charge in [0.1, 0.15) is 36.4 Å². The minimum atomic E-state index is -4.56. The van der Waals surface area contributed by atoms with E-state index in [1.165, 1.54) is 36.8 Å². The number of nitrogen functional groups attached to an aromatic ring is 1. The van der Waals surface area contributed by atoms with Gasteiger partial charge >= 0.3 is 25.7 Å². The number of aromatic nitrogens is 3. The predicted octanol–water partition coefficient (Wildman–Crippen LogP) is 4.90. The van der Waals surface area contributed by atoms with Gasteiger partial charge in [0.2, 0.25) is 0 Å². The molecule has 1 aliphatic rings. The summed E-state index contributed by atoms with van der Waals surface area (Å²) in [6, 6.07) is 9.98. The second kappa shape index (κ2) is 17.2. The molecule has 0 bridgehead atoms. The van der Waals surface area contributed by atoms with E-state index in [0.29, 0.717) is 5.52 Å². The van der Waals surface area contributed by atoms with Crippen LogP contribution >= 0.6 is 7.75 Å². The molecule has 1 fully saturated rings. The van der Waals surface area contributed by atoms with Gasteiger partial charge in [-0.2, -0.15) is 10.2 Å². The summed E-state index contributed by atoms with van der Waals surface area (Å²) in [5.74, 6) is -1.76. The third-order valence-electron chi connectivity index (χ3n) is 8.38. The second-order valence-electron chi connectivity index (χ2n) is 11.8. The first kappa shape index (κ1) is 38.7. The highest BCUT2D eigenvalue weighted by Crippen LogP contribution is 2.50. The van der Waals surface area contributed by atoms with Gasteiger partial charge in [-0.1, -0.05) is 58.7 Å². The SMILES string of the molecule is CCC(=O)O[C@H]1[C@H](c2ccc3c(N)ncnn23)O[C@](CF)(CO[P@@](=O)(N[C@@H](C)C(=O)OCC(CC)CC)Oc2ccccc2)[C@H]1OC(=O)CC. The summed E-state index contributed by atoms with van der Waals surface area (Å²) in [4.78, 5) is 42.4. The third-order valence-corrected chi connectivity index (χ3v) is 10.0. The number of hydrogen-bond acceptors (Lipinski definition) is 13. The highest BCUT2D eigenvalue weighted by atomic mass is 31.2. The number of esters is 3. The minimum Gasteiger partial charge on any atom is -0.464 e. The number of carbonyl (C=O) groups is 3. The number of nitrogens with zero attached hydrogens (tertiary/aromatic N) is 3. The Bertz CT molecular complexity index is 1660. The summed E-state index contributed by atoms with van der Waals surface area (Å²) in [7, 11) is -4.56. The summed E-state index contributed by atoms with van der Waals surface area (Å²) in [5, 5.41) is 6.81. The second-order valence-corrected chi connectivity index (χ2v) is 13.5. The van der Waals surface area contributed by atoms with E-state index in [9.17, 15) is 18.9 Å². The van der Waals surface area contributed by atoms with Crippen LogP contribution in [0.15, 0.2) is 48.8 Å². The van der Waals surface area contributed by atoms with Gasteiger partial charge in [-0.25, -0.2) is 18.5 Å². The number of fused-ring (bicyclic) bond motifs is 1. The molecule has 3 heterocycles. The van der Waals surface area contributed by atoms with Crippen LogP contribution in [-0.2, 0) is 42.4 Å². The molecule has 0 radical (unpaired) electrons. The molecule has 0 aliphatic carbocycles. The number of rotatable bonds is 18. The quantitative estimate of drug-likeness (QED) is 0.102. The standard InChI is InChI=1S/C33H45FN5O10P/c1-6-22(7-2)17-44-32(42)21(5)38-50(43,49-23-13-11-10-12-14-23)45-19-33(18-34)30(47-27(41)9-4)29(46-26(40)8-3)28(48-33)24-15-16-25-31(35)36-20-37-39(24)25/h10-16,20-22,28-30H,6-9,17-19H2,1-5H3,(H,38,43)(H2,35,36,37)/t21-,28-,29-,30-,33+,50-/m0/s1. The van der Waals surface area contributed by atoms with E-state index < -0.39 is 68.9 Å². The number of alkyl halides is 1. The lowest BCUT2D eigenvalue weighted by molar-refractivity contribution is -0.174. The number of benzene rings is 1. The highest BCUT2D eigenvalue weighted by Gasteiger charge is 2.61. The molecule has 0 saturated carbocycles. The van der Waals surface area contributed by atoms with Crippen molar-refractivity contribution in [3.05, 3.63) is 54.5 Å². The number of carbonyl (C=O) groups excluding carboxylic acids is 3. The first-order chi connectivity index (χ1) is 23.9. The summed E-state index contributed by atoms with van der Waals surface area (Å²) >= 11 is 0. The molecule has 1 aliphatic heterocycles. The molecule has 3 N–H and O–H groups in total. The van der Waals surface area contributed by atoms with Crippen molar-refractivity contribution in [2.45, 2.75) is 90.3 Å². The Morgan fingerprint density at radius 2 is 1.74 bits per heavy atom. The topological polar surface area (TPSA) is 192 Å². The zero-order chi connectivity index (χ0) is 36.5. The Balaban J connectivity index is 1.72. The Hall–Kier alpha value is -4.11. The van der Waals surface area contributed by atoms with Crippen molar-refractivity contribution in [1.29, 1.82) is 0 Å². The maximum Gasteiger partial charge on any atom is 0.459 e. The van der Waals surface area contributed by atoms with E-state index in [2.05, 4.69) is 15.2 Å². The lowest BCUT2D eigenvalue weighted by atomic mass is 9.95. The fraction of sp³-hybridized carbons (Fsp3) is 0.545. The summed E-state index contributed by atoms with van der Waals surface area (Å²) < 4.78 is 66.2. The zero-order valence-electron chi connectivity index (χ0n) is 28.8. The van der Waals surface area contributed by atoms with E-state index in [-0.39, 0.29) is 42.6 Å². The molecular formula is C33H45FN5O10P. The lowest BCUT2D eigenvalue weighted by Crippen LogP contribution is -2.52. The molecule has 1 saturated heterocycles. The average molecular weight is 722 g/mol. The van der Waals surface area contributed by atoms with E-state index in [1.54, 1.807) is 37.3 Å². The molecule has 3 aromatic rings. The van der Waals surface area contributed by atoms with Gasteiger partial charge < -0.3 is 29.2 Å². The molecule has 2 aromatic heterocycles. The van der Waals surface area contributed by atoms with Crippen LogP contribution in [-0.4, -0.2) is 76.2 Å². The molecule has 1 aromatic carbocycles. The highest BCUT2D eigenvalue weighted by molar-refractivity contribution is 7.52. The van der Waals surface area contributed by atoms with Gasteiger partial charge in [0.15, 0.2) is 23.6 Å². The number of hydrogen-bond donors (Lipinski definition) is 2. The number of nitrogens with two attached hydrogens (primary N) is 1. The van der Waals surface area contributed by atoms with Crippen molar-refractivity contribution < 1.29 is 51.3 Å². The minimum absolute atomic E-state index is 0.0594. The largest absolute Gasteiger partial charge is 0.464 e. The Morgan fingerprint density at radius 3 is 2.38 bits per heavy atom. The zero-order valence-corrected chi connectivity index (χ0v) is 29.7. The molecule has 17 heteroatoms. The molecule has 15 nitrogen and oxygen atoms in total. The van der Waals surface area contributed by atoms with Gasteiger partial charge in [0.05, 0.1) is 18.9 Å². The van der Waals surface area contributed by atoms with Crippen molar-refractivity contribution >= 4 is 37.0 Å². The summed E-state index contributed by atoms with van der Waals surface area (Å²) in [6.07, 6.45) is -1.65. The molecule has 274 valence electrons. The normalized spacial score (nSPS) is 22.2. The van der Waals surface area contributed by atoms with E-state index in [4.69, 9.17) is 33.7 Å². The molecule has 50 heavy (non-hydrogen) atoms. The molecule has 6 atom stereocenters. The number of ether oxygens (including phenoxy) is 4. The van der Waals surface area contributed by atoms with Crippen LogP contribution in [0.4, 0.5) is 10.2 Å². The first-order valence-electron chi connectivity index (χ1n) is 16.6. The van der Waals surface area contributed by atoms with Gasteiger partial charge in [-0.3, -0.25) is 18.9 Å². The molecule has 4 rings (SSSR count). The number of nitrogens with one attached hydrogen (secondary N) is 1. The lowest BCUT2D eigenvalue weighted by Gasteiger charge is -2.33. The summed E-state index contributed by atoms with van der Waals surface area (Å²) in [6.45, 7) is 6.44. The van der Waals surface area contributed by atoms with Crippen molar-refractivity contribution in [2.24, 2.45) is 5.92 Å². The van der Waals surface area contributed by atoms with Crippen LogP contribution in [0.25, 0.3) is 5.52 Å². The van der Waals surface area contributed by atoms with E-state index >= 15 is 4.39 Å². The van der Waals surface area contributed by atoms with Gasteiger partial charge in [0, 0.05) is 12.8 Å². The summed E-state index contributed by atoms with van der Waals surface area (Å²) in [5.41, 5.74) is 4.49. The number of para-hydroxylation sites is 1. The van der Waals surface area contributed by atoms with Gasteiger partial charge in [-0.05, 0) is 37.1 Å². The third kappa shape index (κ3) is 8.97. The molecule has 0 spiro atoms. The Kier molecular flexibility index (Phi) is 13.3.